The van der Waals surface area contributed by atoms with E-state index in [1.54, 1.807) is 4.31 Å². The minimum Gasteiger partial charge on any atom is -0.299 e. The molecule has 16 heavy (non-hydrogen) atoms. The zero-order valence-corrected chi connectivity index (χ0v) is 11.8. The minimum atomic E-state index is -3.06. The van der Waals surface area contributed by atoms with Gasteiger partial charge < -0.3 is 0 Å². The fourth-order valence-corrected chi connectivity index (χ4v) is 4.46. The van der Waals surface area contributed by atoms with Crippen LogP contribution in [0.15, 0.2) is 0 Å². The van der Waals surface area contributed by atoms with Crippen LogP contribution in [0.5, 0.6) is 0 Å². The van der Waals surface area contributed by atoms with Gasteiger partial charge >= 0.3 is 0 Å². The van der Waals surface area contributed by atoms with Crippen LogP contribution in [-0.4, -0.2) is 54.5 Å². The number of likely N-dealkylation sites (tertiary alicyclic amines) is 1. The van der Waals surface area contributed by atoms with Gasteiger partial charge in [0.1, 0.15) is 4.66 Å². The van der Waals surface area contributed by atoms with E-state index in [2.05, 4.69) is 20.8 Å². The van der Waals surface area contributed by atoms with E-state index < -0.39 is 10.0 Å². The van der Waals surface area contributed by atoms with Crippen LogP contribution in [0, 0.1) is 0 Å². The Kier molecular flexibility index (Phi) is 4.26. The van der Waals surface area contributed by atoms with Crippen molar-refractivity contribution in [2.45, 2.75) is 31.7 Å². The van der Waals surface area contributed by atoms with Crippen molar-refractivity contribution in [3.63, 3.8) is 0 Å². The third-order valence-corrected chi connectivity index (χ3v) is 6.68. The Balaban J connectivity index is 1.98. The number of rotatable bonds is 3. The van der Waals surface area contributed by atoms with Gasteiger partial charge in [-0.05, 0) is 38.8 Å². The lowest BCUT2D eigenvalue weighted by molar-refractivity contribution is 0.162. The van der Waals surface area contributed by atoms with Crippen LogP contribution in [0.2, 0.25) is 0 Å². The van der Waals surface area contributed by atoms with Crippen molar-refractivity contribution >= 4 is 26.0 Å². The molecular weight excluding hydrogens is 292 g/mol. The van der Waals surface area contributed by atoms with Gasteiger partial charge in [-0.25, -0.2) is 8.42 Å². The van der Waals surface area contributed by atoms with E-state index >= 15 is 0 Å². The number of hydrogen-bond acceptors (Lipinski definition) is 3. The predicted molar refractivity (Wildman–Crippen MR) is 68.1 cm³/mol. The van der Waals surface area contributed by atoms with Crippen LogP contribution in [0.25, 0.3) is 0 Å². The second-order valence-corrected chi connectivity index (χ2v) is 7.89. The molecule has 1 unspecified atom stereocenters. The molecule has 94 valence electrons. The van der Waals surface area contributed by atoms with Gasteiger partial charge in [0, 0.05) is 19.1 Å². The fourth-order valence-electron chi connectivity index (χ4n) is 2.65. The summed E-state index contributed by atoms with van der Waals surface area (Å²) in [6, 6.07) is 0.449. The highest BCUT2D eigenvalue weighted by molar-refractivity contribution is 9.10. The molecule has 6 heteroatoms. The van der Waals surface area contributed by atoms with Crippen molar-refractivity contribution in [2.24, 2.45) is 0 Å². The fraction of sp³-hybridized carbons (Fsp3) is 1.00. The van der Waals surface area contributed by atoms with Crippen LogP contribution >= 0.6 is 15.9 Å². The second kappa shape index (κ2) is 5.33. The van der Waals surface area contributed by atoms with Crippen molar-refractivity contribution in [1.82, 2.24) is 9.21 Å². The van der Waals surface area contributed by atoms with Crippen molar-refractivity contribution in [3.8, 4) is 0 Å². The summed E-state index contributed by atoms with van der Waals surface area (Å²) in [7, 11) is -3.06. The van der Waals surface area contributed by atoms with E-state index in [9.17, 15) is 8.42 Å². The Morgan fingerprint density at radius 2 is 1.81 bits per heavy atom. The van der Waals surface area contributed by atoms with E-state index in [0.29, 0.717) is 19.1 Å². The molecule has 2 saturated heterocycles. The van der Waals surface area contributed by atoms with Crippen molar-refractivity contribution in [1.29, 1.82) is 0 Å². The van der Waals surface area contributed by atoms with E-state index in [0.717, 1.165) is 25.9 Å². The number of alkyl halides is 1. The normalized spacial score (nSPS) is 29.7. The molecule has 0 aromatic heterocycles. The van der Waals surface area contributed by atoms with Crippen LogP contribution < -0.4 is 0 Å². The first-order valence-corrected chi connectivity index (χ1v) is 8.64. The van der Waals surface area contributed by atoms with Crippen LogP contribution in [0.1, 0.15) is 25.7 Å². The summed E-state index contributed by atoms with van der Waals surface area (Å²) in [5, 5.41) is 0. The molecule has 4 nitrogen and oxygen atoms in total. The lowest BCUT2D eigenvalue weighted by Crippen LogP contribution is -2.49. The Morgan fingerprint density at radius 1 is 1.12 bits per heavy atom. The smallest absolute Gasteiger partial charge is 0.224 e. The largest absolute Gasteiger partial charge is 0.299 e. The Labute approximate surface area is 106 Å². The molecule has 2 aliphatic heterocycles. The number of piperidine rings is 1. The minimum absolute atomic E-state index is 0.0483. The average Bonchev–Trinajstić information content (AvgIpc) is 2.83. The molecule has 0 spiro atoms. The molecule has 0 N–H and O–H groups in total. The highest BCUT2D eigenvalue weighted by Gasteiger charge is 2.31. The zero-order chi connectivity index (χ0) is 11.6. The molecule has 0 saturated carbocycles. The first kappa shape index (κ1) is 12.8. The second-order valence-electron chi connectivity index (χ2n) is 4.62. The zero-order valence-electron chi connectivity index (χ0n) is 9.44. The van der Waals surface area contributed by atoms with Crippen molar-refractivity contribution in [2.75, 3.05) is 30.8 Å². The Hall–Kier alpha value is 0.350. The maximum atomic E-state index is 11.8. The van der Waals surface area contributed by atoms with E-state index in [4.69, 9.17) is 0 Å². The maximum Gasteiger partial charge on any atom is 0.224 e. The SMILES string of the molecule is O=S(=O)(CBr)N1CCCC(N2CCCC2)C1. The summed E-state index contributed by atoms with van der Waals surface area (Å²) < 4.78 is 25.2. The van der Waals surface area contributed by atoms with Crippen LogP contribution in [0.4, 0.5) is 0 Å². The number of sulfonamides is 1. The lowest BCUT2D eigenvalue weighted by atomic mass is 10.1. The molecule has 0 aromatic rings. The van der Waals surface area contributed by atoms with Gasteiger partial charge in [-0.1, -0.05) is 15.9 Å². The number of halogens is 1. The molecule has 2 rings (SSSR count). The molecule has 0 aromatic carbocycles. The topological polar surface area (TPSA) is 40.6 Å². The van der Waals surface area contributed by atoms with Crippen molar-refractivity contribution in [3.05, 3.63) is 0 Å². The Morgan fingerprint density at radius 3 is 2.44 bits per heavy atom. The standard InChI is InChI=1S/C10H19BrN2O2S/c11-9-16(14,15)13-7-3-4-10(8-13)12-5-1-2-6-12/h10H,1-9H2. The van der Waals surface area contributed by atoms with Gasteiger partial charge in [-0.2, -0.15) is 4.31 Å². The van der Waals surface area contributed by atoms with E-state index in [1.807, 2.05) is 0 Å². The van der Waals surface area contributed by atoms with Crippen molar-refractivity contribution < 1.29 is 8.42 Å². The molecular formula is C10H19BrN2O2S. The molecule has 0 bridgehead atoms. The van der Waals surface area contributed by atoms with Gasteiger partial charge in [0.15, 0.2) is 0 Å². The molecule has 0 amide bonds. The van der Waals surface area contributed by atoms with E-state index in [-0.39, 0.29) is 4.66 Å². The van der Waals surface area contributed by atoms with Crippen LogP contribution in [-0.2, 0) is 10.0 Å². The molecule has 2 fully saturated rings. The van der Waals surface area contributed by atoms with Gasteiger partial charge in [0.2, 0.25) is 10.0 Å². The highest BCUT2D eigenvalue weighted by Crippen LogP contribution is 2.22. The molecule has 1 atom stereocenters. The summed E-state index contributed by atoms with van der Waals surface area (Å²) in [6.45, 7) is 3.67. The molecule has 0 radical (unpaired) electrons. The summed E-state index contributed by atoms with van der Waals surface area (Å²) in [5.74, 6) is 0. The average molecular weight is 311 g/mol. The third-order valence-electron chi connectivity index (χ3n) is 3.55. The van der Waals surface area contributed by atoms with E-state index in [1.165, 1.54) is 12.8 Å². The first-order chi connectivity index (χ1) is 7.63. The molecule has 2 aliphatic rings. The summed E-state index contributed by atoms with van der Waals surface area (Å²) in [4.78, 5) is 2.45. The predicted octanol–water partition coefficient (Wildman–Crippen LogP) is 1.23. The highest BCUT2D eigenvalue weighted by atomic mass is 79.9. The monoisotopic (exact) mass is 310 g/mol. The van der Waals surface area contributed by atoms with Gasteiger partial charge in [0.05, 0.1) is 0 Å². The molecule has 0 aliphatic carbocycles. The summed E-state index contributed by atoms with van der Waals surface area (Å²) in [5.41, 5.74) is 0. The third kappa shape index (κ3) is 2.78. The van der Waals surface area contributed by atoms with Gasteiger partial charge in [0.25, 0.3) is 0 Å². The number of nitrogens with zero attached hydrogens (tertiary/aromatic N) is 2. The lowest BCUT2D eigenvalue weighted by Gasteiger charge is -2.36. The quantitative estimate of drug-likeness (QED) is 0.736. The van der Waals surface area contributed by atoms with Gasteiger partial charge in [-0.15, -0.1) is 0 Å². The Bertz CT molecular complexity index is 328. The van der Waals surface area contributed by atoms with Crippen LogP contribution in [0.3, 0.4) is 0 Å². The van der Waals surface area contributed by atoms with Gasteiger partial charge in [-0.3, -0.25) is 4.90 Å². The summed E-state index contributed by atoms with van der Waals surface area (Å²) >= 11 is 3.07. The summed E-state index contributed by atoms with van der Waals surface area (Å²) in [6.07, 6.45) is 4.67. The maximum absolute atomic E-state index is 11.8. The molecule has 2 heterocycles. The first-order valence-electron chi connectivity index (χ1n) is 5.91. The number of hydrogen-bond donors (Lipinski definition) is 0.